The highest BCUT2D eigenvalue weighted by Crippen LogP contribution is 2.43. The summed E-state index contributed by atoms with van der Waals surface area (Å²) in [6, 6.07) is 30.5. The van der Waals surface area contributed by atoms with E-state index in [9.17, 15) is 39.6 Å². The monoisotopic (exact) mass is 1510 g/mol. The maximum atomic E-state index is 15.0. The fourth-order valence-corrected chi connectivity index (χ4v) is 19.4. The lowest BCUT2D eigenvalue weighted by atomic mass is 9.99. The van der Waals surface area contributed by atoms with Gasteiger partial charge in [0.25, 0.3) is 30.1 Å². The zero-order chi connectivity index (χ0) is 67.9. The van der Waals surface area contributed by atoms with Gasteiger partial charge in [0.2, 0.25) is 17.7 Å². The predicted octanol–water partition coefficient (Wildman–Crippen LogP) is 14.3. The van der Waals surface area contributed by atoms with Crippen LogP contribution in [0.1, 0.15) is 57.4 Å². The summed E-state index contributed by atoms with van der Waals surface area (Å²) in [5.74, 6) is -0.972. The molecule has 3 fully saturated rings. The first-order valence-electron chi connectivity index (χ1n) is 30.7. The Balaban J connectivity index is 0.000000210. The van der Waals surface area contributed by atoms with Crippen LogP contribution in [0, 0.1) is 5.82 Å². The molecular weight excluding hydrogens is 1450 g/mol. The van der Waals surface area contributed by atoms with E-state index in [1.54, 1.807) is 56.3 Å². The van der Waals surface area contributed by atoms with Crippen LogP contribution in [0.25, 0.3) is 0 Å². The third kappa shape index (κ3) is 14.2. The third-order valence-electron chi connectivity index (χ3n) is 17.5. The zero-order valence-electron chi connectivity index (χ0n) is 51.1. The molecule has 15 rings (SSSR count). The second-order valence-electron chi connectivity index (χ2n) is 23.2. The van der Waals surface area contributed by atoms with Crippen molar-refractivity contribution in [1.29, 1.82) is 0 Å². The highest BCUT2D eigenvalue weighted by Gasteiger charge is 2.43. The second kappa shape index (κ2) is 28.3. The minimum atomic E-state index is -3.99. The lowest BCUT2D eigenvalue weighted by Crippen LogP contribution is -2.44. The highest BCUT2D eigenvalue weighted by atomic mass is 35.5. The molecule has 3 aromatic heterocycles. The van der Waals surface area contributed by atoms with Crippen molar-refractivity contribution >= 4 is 178 Å². The topological polar surface area (TPSA) is 248 Å². The number of nitrogens with zero attached hydrogens (tertiary/aromatic N) is 9. The third-order valence-corrected chi connectivity index (χ3v) is 25.4. The van der Waals surface area contributed by atoms with E-state index in [-0.39, 0.29) is 63.9 Å². The molecule has 3 N–H and O–H groups in total. The summed E-state index contributed by atoms with van der Waals surface area (Å²) in [7, 11) is -11.5. The number of carbonyl (C=O) groups excluding carboxylic acids is 3. The van der Waals surface area contributed by atoms with E-state index in [4.69, 9.17) is 46.4 Å². The van der Waals surface area contributed by atoms with Crippen LogP contribution in [0.15, 0.2) is 165 Å². The van der Waals surface area contributed by atoms with Crippen LogP contribution in [-0.2, 0) is 63.7 Å². The Labute approximate surface area is 600 Å². The molecule has 6 aliphatic heterocycles. The maximum absolute atomic E-state index is 15.0. The summed E-state index contributed by atoms with van der Waals surface area (Å²) in [6.45, 7) is 3.72. The van der Waals surface area contributed by atoms with Crippen LogP contribution >= 0.6 is 80.4 Å². The van der Waals surface area contributed by atoms with Gasteiger partial charge >= 0.3 is 0 Å². The van der Waals surface area contributed by atoms with Gasteiger partial charge in [-0.3, -0.25) is 28.5 Å². The molecule has 9 aromatic rings. The Kier molecular flexibility index (Phi) is 19.8. The number of amides is 3. The molecule has 32 heteroatoms. The number of aromatic nitrogens is 3. The largest absolute Gasteiger partial charge is 0.359 e. The summed E-state index contributed by atoms with van der Waals surface area (Å²) >= 11 is 28.7. The molecule has 0 bridgehead atoms. The Bertz CT molecular complexity index is 4830. The lowest BCUT2D eigenvalue weighted by Gasteiger charge is -2.36. The van der Waals surface area contributed by atoms with Gasteiger partial charge in [-0.25, -0.2) is 44.6 Å². The van der Waals surface area contributed by atoms with E-state index < -0.39 is 41.9 Å². The summed E-state index contributed by atoms with van der Waals surface area (Å²) in [5, 5.41) is 8.25. The van der Waals surface area contributed by atoms with Crippen molar-refractivity contribution < 1.29 is 52.6 Å². The first kappa shape index (κ1) is 67.9. The van der Waals surface area contributed by atoms with E-state index in [0.29, 0.717) is 87.2 Å². The predicted molar refractivity (Wildman–Crippen MR) is 395 cm³/mol. The smallest absolute Gasteiger partial charge is 0.263 e. The molecular formula is C65H71Cl4FN12O9S6. The molecule has 97 heavy (non-hydrogen) atoms. The SMILES string of the molecule is O=C1[C@@H](N2CCCc3cc(Cl)ccc32)CCN1c1ccc(S(=O)(=O)Nc2nccs2)cc1F.O=C1[C@@H](N2CCc3c2ccc(Cl)c3Cl)CCN1c1ccc(S(=O)(=O)Nc2nccs2)cc1.O=C1[C@H](N2CCCc3cccc(Cl)c32)CCN1c1ccc(S(=O)(=O)Nc2nccs2)cc1.[HH].[HH].[HH].[HH].[HH].[HH]. The molecule has 21 nitrogen and oxygen atoms in total. The number of hydrogen-bond acceptors (Lipinski definition) is 18. The van der Waals surface area contributed by atoms with Crippen molar-refractivity contribution in [2.24, 2.45) is 0 Å². The van der Waals surface area contributed by atoms with Crippen LogP contribution in [0.5, 0.6) is 0 Å². The summed E-state index contributed by atoms with van der Waals surface area (Å²) in [5.41, 5.74) is 7.59. The summed E-state index contributed by atoms with van der Waals surface area (Å²) in [6.07, 6.45) is 10.9. The minimum absolute atomic E-state index is 0. The minimum Gasteiger partial charge on any atom is -0.359 e. The molecule has 0 saturated carbocycles. The number of para-hydroxylation sites is 1. The van der Waals surface area contributed by atoms with Gasteiger partial charge in [-0.15, -0.1) is 34.0 Å². The number of sulfonamides is 3. The number of halogens is 5. The molecule has 6 aromatic carbocycles. The van der Waals surface area contributed by atoms with Gasteiger partial charge in [-0.05, 0) is 171 Å². The molecule has 3 saturated heterocycles. The maximum Gasteiger partial charge on any atom is 0.263 e. The lowest BCUT2D eigenvalue weighted by molar-refractivity contribution is -0.119. The molecule has 3 atom stereocenters. The van der Waals surface area contributed by atoms with Gasteiger partial charge in [0.1, 0.15) is 23.9 Å². The number of thiazole rings is 3. The quantitative estimate of drug-likeness (QED) is 0.0863. The number of aryl methyl sites for hydroxylation is 2. The first-order chi connectivity index (χ1) is 46.6. The molecule has 3 amide bonds. The van der Waals surface area contributed by atoms with Gasteiger partial charge in [0.05, 0.1) is 41.1 Å². The van der Waals surface area contributed by atoms with Crippen LogP contribution in [-0.4, -0.2) is 115 Å². The molecule has 0 unspecified atom stereocenters. The van der Waals surface area contributed by atoms with Crippen LogP contribution in [0.4, 0.5) is 53.9 Å². The molecule has 6 aliphatic rings. The Morgan fingerprint density at radius 2 is 0.928 bits per heavy atom. The van der Waals surface area contributed by atoms with Gasteiger partial charge in [-0.2, -0.15) is 0 Å². The summed E-state index contributed by atoms with van der Waals surface area (Å²) < 4.78 is 97.5. The number of rotatable bonds is 15. The van der Waals surface area contributed by atoms with Crippen molar-refractivity contribution in [2.75, 3.05) is 82.8 Å². The average molecular weight is 1520 g/mol. The van der Waals surface area contributed by atoms with Crippen LogP contribution < -0.4 is 43.6 Å². The fraction of sp³-hybridized carbons (Fsp3) is 0.262. The standard InChI is InChI=1S/C22H20ClFN4O3S2.C22H21ClN4O3S2.C21H18Cl2N4O3S2.6H2/c23-15-3-5-18-14(12-15)2-1-9-27(18)20-7-10-28(21(20)29)19-6-4-16(13-17(19)24)33(30,31)26-22-25-8-11-32-22;23-18-5-1-3-15-4-2-12-27(20(15)18)19-10-13-26(21(19)28)16-6-8-17(9-7-16)32(29,30)25-22-24-11-14-31-22;22-16-5-6-17-15(19(16)23)7-10-27(17)18-8-11-26(20(18)28)13-1-3-14(4-2-13)32(29,30)25-21-24-9-12-31-21;;;;;;/h3-6,8,11-13,20H,1-2,7,9-10H2,(H,25,26);1,3,5-9,11,14,19H,2,4,10,12-13H2,(H,24,25);1-6,9,12,18H,7-8,10-11H2,(H,24,25);6*1H/t20-;19-;18-;;;;;;/m010....../s1. The molecule has 9 heterocycles. The number of benzene rings is 6. The van der Waals surface area contributed by atoms with Crippen molar-refractivity contribution in [2.45, 2.75) is 84.2 Å². The number of hydrogen-bond donors (Lipinski definition) is 3. The van der Waals surface area contributed by atoms with Crippen molar-refractivity contribution in [1.82, 2.24) is 15.0 Å². The van der Waals surface area contributed by atoms with Crippen molar-refractivity contribution in [3.63, 3.8) is 0 Å². The molecule has 0 spiro atoms. The first-order valence-corrected chi connectivity index (χ1v) is 39.3. The molecule has 0 aliphatic carbocycles. The second-order valence-corrected chi connectivity index (χ2v) is 32.6. The normalized spacial score (nSPS) is 18.5. The van der Waals surface area contributed by atoms with Gasteiger partial charge in [0, 0.05) is 110 Å². The highest BCUT2D eigenvalue weighted by molar-refractivity contribution is 7.93. The molecule has 516 valence electrons. The van der Waals surface area contributed by atoms with E-state index >= 15 is 4.39 Å². The van der Waals surface area contributed by atoms with E-state index in [0.717, 1.165) is 90.8 Å². The fourth-order valence-electron chi connectivity index (χ4n) is 13.1. The zero-order valence-corrected chi connectivity index (χ0v) is 59.0. The molecule has 0 radical (unpaired) electrons. The van der Waals surface area contributed by atoms with Crippen molar-refractivity contribution in [3.8, 4) is 0 Å². The number of anilines is 9. The summed E-state index contributed by atoms with van der Waals surface area (Å²) in [4.78, 5) is 62.8. The van der Waals surface area contributed by atoms with Crippen LogP contribution in [0.2, 0.25) is 20.1 Å². The van der Waals surface area contributed by atoms with Crippen molar-refractivity contribution in [3.05, 3.63) is 193 Å². The number of fused-ring (bicyclic) bond motifs is 3. The average Bonchev–Trinajstić information content (AvgIpc) is 1.61. The number of nitrogens with one attached hydrogen (secondary N) is 3. The van der Waals surface area contributed by atoms with E-state index in [1.165, 1.54) is 88.1 Å². The number of carbonyl (C=O) groups is 3. The Morgan fingerprint density at radius 3 is 1.46 bits per heavy atom. The van der Waals surface area contributed by atoms with Gasteiger partial charge in [-0.1, -0.05) is 58.5 Å². The van der Waals surface area contributed by atoms with Gasteiger partial charge in [0.15, 0.2) is 15.4 Å². The van der Waals surface area contributed by atoms with E-state index in [1.807, 2.05) is 36.4 Å². The van der Waals surface area contributed by atoms with Gasteiger partial charge < -0.3 is 29.4 Å². The Morgan fingerprint density at radius 1 is 0.464 bits per heavy atom. The Hall–Kier alpha value is -7.64. The van der Waals surface area contributed by atoms with E-state index in [2.05, 4.69) is 49.9 Å². The van der Waals surface area contributed by atoms with Crippen LogP contribution in [0.3, 0.4) is 0 Å².